The highest BCUT2D eigenvalue weighted by molar-refractivity contribution is 7.16. The van der Waals surface area contributed by atoms with E-state index in [9.17, 15) is 14.9 Å². The Morgan fingerprint density at radius 3 is 2.86 bits per heavy atom. The average molecular weight is 393 g/mol. The number of fused-ring (bicyclic) bond motifs is 1. The maximum atomic E-state index is 12.7. The number of H-pyrrole nitrogens is 1. The van der Waals surface area contributed by atoms with Crippen molar-refractivity contribution in [3.63, 3.8) is 0 Å². The molecule has 0 aliphatic rings. The molecule has 2 N–H and O–H groups in total. The number of hydrogen-bond acceptors (Lipinski definition) is 5. The number of aromatic amines is 1. The Kier molecular flexibility index (Phi) is 5.92. The number of aryl methyl sites for hydroxylation is 1. The molecule has 0 spiro atoms. The number of carbonyl (C=O) groups is 2. The number of nitriles is 1. The highest BCUT2D eigenvalue weighted by Gasteiger charge is 2.20. The summed E-state index contributed by atoms with van der Waals surface area (Å²) in [5.41, 5.74) is 1.91. The molecule has 0 atom stereocenters. The van der Waals surface area contributed by atoms with E-state index in [2.05, 4.69) is 10.3 Å². The number of ether oxygens (including phenoxy) is 1. The number of esters is 1. The Labute approximate surface area is 166 Å². The van der Waals surface area contributed by atoms with Gasteiger partial charge in [-0.05, 0) is 24.6 Å². The molecule has 3 rings (SSSR count). The fourth-order valence-corrected chi connectivity index (χ4v) is 4.00. The number of carbonyl (C=O) groups excluding carboxylic acids is 2. The zero-order valence-corrected chi connectivity index (χ0v) is 16.4. The van der Waals surface area contributed by atoms with Crippen molar-refractivity contribution in [2.75, 3.05) is 12.4 Å². The van der Waals surface area contributed by atoms with Crippen molar-refractivity contribution in [3.8, 4) is 6.07 Å². The third-order valence-corrected chi connectivity index (χ3v) is 5.31. The van der Waals surface area contributed by atoms with Crippen LogP contribution in [0.3, 0.4) is 0 Å². The molecule has 1 aromatic carbocycles. The van der Waals surface area contributed by atoms with Crippen LogP contribution in [-0.2, 0) is 16.0 Å². The van der Waals surface area contributed by atoms with Gasteiger partial charge in [0.05, 0.1) is 12.7 Å². The van der Waals surface area contributed by atoms with E-state index >= 15 is 0 Å². The van der Waals surface area contributed by atoms with Gasteiger partial charge in [0, 0.05) is 27.5 Å². The van der Waals surface area contributed by atoms with Gasteiger partial charge in [0.25, 0.3) is 5.91 Å². The summed E-state index contributed by atoms with van der Waals surface area (Å²) in [4.78, 5) is 28.8. The summed E-state index contributed by atoms with van der Waals surface area (Å²) in [6.45, 7) is 2.04. The van der Waals surface area contributed by atoms with E-state index in [0.29, 0.717) is 10.6 Å². The van der Waals surface area contributed by atoms with Crippen molar-refractivity contribution in [2.24, 2.45) is 0 Å². The first-order valence-electron chi connectivity index (χ1n) is 8.77. The number of nitrogens with zero attached hydrogens (tertiary/aromatic N) is 1. The number of methoxy groups -OCH3 is 1. The molecule has 0 bridgehead atoms. The molecular formula is C21H19N3O3S. The summed E-state index contributed by atoms with van der Waals surface area (Å²) < 4.78 is 4.80. The van der Waals surface area contributed by atoms with Crippen LogP contribution >= 0.6 is 11.3 Å². The molecule has 0 aliphatic heterocycles. The third kappa shape index (κ3) is 3.97. The van der Waals surface area contributed by atoms with E-state index in [1.165, 1.54) is 24.5 Å². The standard InChI is InChI=1S/C21H19N3O3S/c1-3-6-15-10-17(21(26)27-2)20(28-15)24-19(25)13(11-22)9-14-12-23-18-8-5-4-7-16(14)18/h4-5,7-10,12,23H,3,6H2,1-2H3,(H,24,25)/b13-9+. The topological polar surface area (TPSA) is 95.0 Å². The van der Waals surface area contributed by atoms with E-state index in [1.807, 2.05) is 37.3 Å². The van der Waals surface area contributed by atoms with Gasteiger partial charge in [-0.3, -0.25) is 4.79 Å². The van der Waals surface area contributed by atoms with E-state index in [4.69, 9.17) is 4.74 Å². The predicted octanol–water partition coefficient (Wildman–Crippen LogP) is 4.51. The number of thiophene rings is 1. The number of aromatic nitrogens is 1. The number of hydrogen-bond donors (Lipinski definition) is 2. The number of benzene rings is 1. The molecule has 0 saturated carbocycles. The summed E-state index contributed by atoms with van der Waals surface area (Å²) in [5.74, 6) is -1.09. The summed E-state index contributed by atoms with van der Waals surface area (Å²) >= 11 is 1.32. The van der Waals surface area contributed by atoms with Gasteiger partial charge in [-0.1, -0.05) is 31.5 Å². The summed E-state index contributed by atoms with van der Waals surface area (Å²) in [7, 11) is 1.29. The lowest BCUT2D eigenvalue weighted by atomic mass is 10.1. The molecule has 2 aromatic heterocycles. The maximum Gasteiger partial charge on any atom is 0.340 e. The zero-order chi connectivity index (χ0) is 20.1. The second-order valence-electron chi connectivity index (χ2n) is 6.11. The maximum absolute atomic E-state index is 12.7. The third-order valence-electron chi connectivity index (χ3n) is 4.20. The zero-order valence-electron chi connectivity index (χ0n) is 15.5. The molecule has 6 nitrogen and oxygen atoms in total. The SMILES string of the molecule is CCCc1cc(C(=O)OC)c(NC(=O)/C(C#N)=C/c2c[nH]c3ccccc23)s1. The first-order valence-corrected chi connectivity index (χ1v) is 9.59. The van der Waals surface area contributed by atoms with E-state index in [1.54, 1.807) is 12.3 Å². The van der Waals surface area contributed by atoms with Crippen LogP contribution in [0.15, 0.2) is 42.1 Å². The minimum absolute atomic E-state index is 0.0500. The van der Waals surface area contributed by atoms with Crippen LogP contribution in [0.5, 0.6) is 0 Å². The van der Waals surface area contributed by atoms with Crippen LogP contribution in [0.2, 0.25) is 0 Å². The molecule has 0 radical (unpaired) electrons. The minimum atomic E-state index is -0.567. The number of amides is 1. The number of anilines is 1. The van der Waals surface area contributed by atoms with Crippen LogP contribution in [-0.4, -0.2) is 24.0 Å². The smallest absolute Gasteiger partial charge is 0.340 e. The molecular weight excluding hydrogens is 374 g/mol. The lowest BCUT2D eigenvalue weighted by Crippen LogP contribution is -2.15. The molecule has 142 valence electrons. The van der Waals surface area contributed by atoms with Crippen molar-refractivity contribution < 1.29 is 14.3 Å². The highest BCUT2D eigenvalue weighted by atomic mass is 32.1. The largest absolute Gasteiger partial charge is 0.465 e. The monoisotopic (exact) mass is 393 g/mol. The number of nitrogens with one attached hydrogen (secondary N) is 2. The summed E-state index contributed by atoms with van der Waals surface area (Å²) in [5, 5.41) is 13.5. The van der Waals surface area contributed by atoms with Crippen LogP contribution < -0.4 is 5.32 Å². The normalized spacial score (nSPS) is 11.2. The quantitative estimate of drug-likeness (QED) is 0.366. The summed E-state index contributed by atoms with van der Waals surface area (Å²) in [6, 6.07) is 11.3. The summed E-state index contributed by atoms with van der Waals surface area (Å²) in [6.07, 6.45) is 4.99. The van der Waals surface area contributed by atoms with Gasteiger partial charge < -0.3 is 15.0 Å². The predicted molar refractivity (Wildman–Crippen MR) is 110 cm³/mol. The van der Waals surface area contributed by atoms with Crippen molar-refractivity contribution >= 4 is 45.2 Å². The lowest BCUT2D eigenvalue weighted by molar-refractivity contribution is -0.112. The fourth-order valence-electron chi connectivity index (χ4n) is 2.85. The second kappa shape index (κ2) is 8.55. The molecule has 28 heavy (non-hydrogen) atoms. The fraction of sp³-hybridized carbons (Fsp3) is 0.190. The first kappa shape index (κ1) is 19.4. The molecule has 0 aliphatic carbocycles. The van der Waals surface area contributed by atoms with Crippen molar-refractivity contribution in [2.45, 2.75) is 19.8 Å². The van der Waals surface area contributed by atoms with Crippen LogP contribution in [0.25, 0.3) is 17.0 Å². The van der Waals surface area contributed by atoms with E-state index < -0.39 is 11.9 Å². The Morgan fingerprint density at radius 1 is 1.36 bits per heavy atom. The van der Waals surface area contributed by atoms with Crippen molar-refractivity contribution in [1.82, 2.24) is 4.98 Å². The van der Waals surface area contributed by atoms with E-state index in [0.717, 1.165) is 34.2 Å². The lowest BCUT2D eigenvalue weighted by Gasteiger charge is -2.04. The number of para-hydroxylation sites is 1. The Morgan fingerprint density at radius 2 is 2.14 bits per heavy atom. The molecule has 0 unspecified atom stereocenters. The Hall–Kier alpha value is -3.37. The van der Waals surface area contributed by atoms with Crippen molar-refractivity contribution in [3.05, 3.63) is 58.1 Å². The second-order valence-corrected chi connectivity index (χ2v) is 7.25. The average Bonchev–Trinajstić information content (AvgIpc) is 3.29. The van der Waals surface area contributed by atoms with Gasteiger partial charge in [-0.2, -0.15) is 5.26 Å². The van der Waals surface area contributed by atoms with Crippen molar-refractivity contribution in [1.29, 1.82) is 5.26 Å². The molecule has 1 amide bonds. The molecule has 0 saturated heterocycles. The minimum Gasteiger partial charge on any atom is -0.465 e. The first-order chi connectivity index (χ1) is 13.6. The molecule has 0 fully saturated rings. The van der Waals surface area contributed by atoms with Crippen LogP contribution in [0.4, 0.5) is 5.00 Å². The van der Waals surface area contributed by atoms with Gasteiger partial charge in [-0.25, -0.2) is 4.79 Å². The van der Waals surface area contributed by atoms with Crippen LogP contribution in [0, 0.1) is 11.3 Å². The van der Waals surface area contributed by atoms with E-state index in [-0.39, 0.29) is 5.57 Å². The van der Waals surface area contributed by atoms with Gasteiger partial charge >= 0.3 is 5.97 Å². The Bertz CT molecular complexity index is 1100. The van der Waals surface area contributed by atoms with Gasteiger partial charge in [0.15, 0.2) is 0 Å². The van der Waals surface area contributed by atoms with Gasteiger partial charge in [-0.15, -0.1) is 11.3 Å². The molecule has 2 heterocycles. The van der Waals surface area contributed by atoms with Gasteiger partial charge in [0.2, 0.25) is 0 Å². The molecule has 3 aromatic rings. The van der Waals surface area contributed by atoms with Gasteiger partial charge in [0.1, 0.15) is 16.6 Å². The number of rotatable bonds is 6. The highest BCUT2D eigenvalue weighted by Crippen LogP contribution is 2.30. The van der Waals surface area contributed by atoms with Crippen LogP contribution in [0.1, 0.15) is 34.1 Å². The Balaban J connectivity index is 1.91. The molecule has 7 heteroatoms.